The highest BCUT2D eigenvalue weighted by atomic mass is 32.2. The Kier molecular flexibility index (Phi) is 3.90. The average Bonchev–Trinajstić information content (AvgIpc) is 2.79. The molecular formula is C17H19F2NO3S. The number of esters is 1. The Morgan fingerprint density at radius 1 is 1.21 bits per heavy atom. The molecule has 2 atom stereocenters. The lowest BCUT2D eigenvalue weighted by Gasteiger charge is -2.35. The number of carbonyl (C=O) groups is 2. The maximum atomic E-state index is 12.8. The van der Waals surface area contributed by atoms with Crippen molar-refractivity contribution in [3.63, 3.8) is 0 Å². The van der Waals surface area contributed by atoms with Crippen LogP contribution in [0.15, 0.2) is 29.2 Å². The lowest BCUT2D eigenvalue weighted by Crippen LogP contribution is -2.50. The van der Waals surface area contributed by atoms with Gasteiger partial charge in [-0.05, 0) is 44.0 Å². The van der Waals surface area contributed by atoms with Gasteiger partial charge < -0.3 is 10.1 Å². The van der Waals surface area contributed by atoms with Crippen LogP contribution in [-0.4, -0.2) is 23.2 Å². The summed E-state index contributed by atoms with van der Waals surface area (Å²) in [7, 11) is 0. The summed E-state index contributed by atoms with van der Waals surface area (Å²) >= 11 is 0.446. The zero-order valence-corrected chi connectivity index (χ0v) is 14.5. The van der Waals surface area contributed by atoms with Crippen LogP contribution >= 0.6 is 11.8 Å². The Hall–Kier alpha value is -1.63. The molecule has 0 aromatic heterocycles. The van der Waals surface area contributed by atoms with Crippen molar-refractivity contribution in [3.8, 4) is 0 Å². The van der Waals surface area contributed by atoms with Crippen LogP contribution in [0.3, 0.4) is 0 Å². The minimum absolute atomic E-state index is 0.336. The molecule has 1 saturated heterocycles. The number of fused-ring (bicyclic) bond motifs is 2. The van der Waals surface area contributed by atoms with E-state index in [1.807, 2.05) is 20.8 Å². The summed E-state index contributed by atoms with van der Waals surface area (Å²) in [4.78, 5) is 25.5. The fraction of sp³-hybridized carbons (Fsp3) is 0.529. The number of thioether (sulfide) groups is 1. The van der Waals surface area contributed by atoms with E-state index in [1.54, 1.807) is 12.1 Å². The molecule has 1 amide bonds. The largest absolute Gasteiger partial charge is 0.448 e. The van der Waals surface area contributed by atoms with Gasteiger partial charge in [0.1, 0.15) is 0 Å². The monoisotopic (exact) mass is 355 g/mol. The number of rotatable bonds is 4. The van der Waals surface area contributed by atoms with E-state index in [2.05, 4.69) is 5.32 Å². The van der Waals surface area contributed by atoms with Crippen LogP contribution in [0.2, 0.25) is 0 Å². The molecule has 2 aliphatic rings. The summed E-state index contributed by atoms with van der Waals surface area (Å²) in [6, 6.07) is 6.18. The molecule has 130 valence electrons. The van der Waals surface area contributed by atoms with Gasteiger partial charge in [0.2, 0.25) is 0 Å². The number of nitrogens with one attached hydrogen (secondary N) is 1. The van der Waals surface area contributed by atoms with Gasteiger partial charge in [0.15, 0.2) is 5.60 Å². The first kappa shape index (κ1) is 17.2. The number of alkyl halides is 2. The van der Waals surface area contributed by atoms with Gasteiger partial charge in [0.25, 0.3) is 11.7 Å². The van der Waals surface area contributed by atoms with Crippen LogP contribution < -0.4 is 5.32 Å². The van der Waals surface area contributed by atoms with Crippen molar-refractivity contribution in [3.05, 3.63) is 24.3 Å². The molecule has 2 unspecified atom stereocenters. The van der Waals surface area contributed by atoms with E-state index in [4.69, 9.17) is 4.74 Å². The molecule has 2 bridgehead atoms. The number of amides is 1. The second-order valence-corrected chi connectivity index (χ2v) is 8.09. The highest BCUT2D eigenvalue weighted by Crippen LogP contribution is 2.65. The van der Waals surface area contributed by atoms with E-state index in [1.165, 1.54) is 12.1 Å². The number of hydrogen-bond donors (Lipinski definition) is 1. The first-order valence-electron chi connectivity index (χ1n) is 7.72. The second-order valence-electron chi connectivity index (χ2n) is 7.03. The van der Waals surface area contributed by atoms with Gasteiger partial charge in [-0.3, -0.25) is 9.59 Å². The van der Waals surface area contributed by atoms with Gasteiger partial charge in [-0.2, -0.15) is 8.78 Å². The van der Waals surface area contributed by atoms with Crippen molar-refractivity contribution < 1.29 is 23.1 Å². The molecule has 7 heteroatoms. The first-order chi connectivity index (χ1) is 11.1. The molecule has 3 rings (SSSR count). The molecular weight excluding hydrogens is 336 g/mol. The van der Waals surface area contributed by atoms with Crippen molar-refractivity contribution in [1.29, 1.82) is 0 Å². The van der Waals surface area contributed by atoms with Crippen LogP contribution in [0.25, 0.3) is 0 Å². The van der Waals surface area contributed by atoms with Crippen molar-refractivity contribution in [1.82, 2.24) is 0 Å². The van der Waals surface area contributed by atoms with E-state index in [0.717, 1.165) is 0 Å². The molecule has 1 heterocycles. The van der Waals surface area contributed by atoms with E-state index >= 15 is 0 Å². The maximum absolute atomic E-state index is 12.8. The third-order valence-electron chi connectivity index (χ3n) is 5.79. The Morgan fingerprint density at radius 3 is 2.29 bits per heavy atom. The lowest BCUT2D eigenvalue weighted by molar-refractivity contribution is -0.165. The number of anilines is 1. The van der Waals surface area contributed by atoms with Gasteiger partial charge in [0.05, 0.1) is 5.41 Å². The third-order valence-corrected chi connectivity index (χ3v) is 6.51. The smallest absolute Gasteiger partial charge is 0.313 e. The van der Waals surface area contributed by atoms with E-state index < -0.39 is 22.2 Å². The van der Waals surface area contributed by atoms with Gasteiger partial charge in [-0.25, -0.2) is 0 Å². The zero-order valence-electron chi connectivity index (χ0n) is 13.7. The fourth-order valence-electron chi connectivity index (χ4n) is 3.70. The Labute approximate surface area is 143 Å². The standard InChI is InChI=1S/C17H19F2NO3S/c1-15(2)16(3)8-9-17(15,23-13(16)22)12(21)20-10-4-6-11(7-5-10)24-14(18)19/h4-7,14H,8-9H2,1-3H3,(H,20,21). The minimum atomic E-state index is -2.49. The minimum Gasteiger partial charge on any atom is -0.448 e. The summed E-state index contributed by atoms with van der Waals surface area (Å²) in [5, 5.41) is 2.76. The van der Waals surface area contributed by atoms with Gasteiger partial charge in [-0.15, -0.1) is 0 Å². The van der Waals surface area contributed by atoms with E-state index in [-0.39, 0.29) is 11.9 Å². The highest BCUT2D eigenvalue weighted by Gasteiger charge is 2.75. The van der Waals surface area contributed by atoms with Crippen LogP contribution in [0.1, 0.15) is 33.6 Å². The predicted octanol–water partition coefficient (Wildman–Crippen LogP) is 4.06. The topological polar surface area (TPSA) is 55.4 Å². The molecule has 2 fully saturated rings. The number of benzene rings is 1. The summed E-state index contributed by atoms with van der Waals surface area (Å²) < 4.78 is 30.2. The Balaban J connectivity index is 1.79. The molecule has 1 aromatic carbocycles. The average molecular weight is 355 g/mol. The third kappa shape index (κ3) is 2.24. The highest BCUT2D eigenvalue weighted by molar-refractivity contribution is 7.99. The summed E-state index contributed by atoms with van der Waals surface area (Å²) in [5.74, 6) is -3.19. The first-order valence-corrected chi connectivity index (χ1v) is 8.60. The van der Waals surface area contributed by atoms with Crippen LogP contribution in [-0.2, 0) is 14.3 Å². The summed E-state index contributed by atoms with van der Waals surface area (Å²) in [5.41, 5.74) is -1.98. The number of carbonyl (C=O) groups excluding carboxylic acids is 2. The molecule has 24 heavy (non-hydrogen) atoms. The lowest BCUT2D eigenvalue weighted by atomic mass is 9.66. The molecule has 1 saturated carbocycles. The van der Waals surface area contributed by atoms with Gasteiger partial charge in [-0.1, -0.05) is 25.6 Å². The van der Waals surface area contributed by atoms with Crippen LogP contribution in [0.5, 0.6) is 0 Å². The van der Waals surface area contributed by atoms with Crippen molar-refractivity contribution >= 4 is 29.3 Å². The summed E-state index contributed by atoms with van der Waals surface area (Å²) in [6.07, 6.45) is 1.09. The SMILES string of the molecule is CC12CCC(C(=O)Nc3ccc(SC(F)F)cc3)(OC1=O)C2(C)C. The molecule has 1 aliphatic carbocycles. The van der Waals surface area contributed by atoms with Crippen molar-refractivity contribution in [2.75, 3.05) is 5.32 Å². The quantitative estimate of drug-likeness (QED) is 0.654. The Morgan fingerprint density at radius 2 is 1.83 bits per heavy atom. The maximum Gasteiger partial charge on any atom is 0.313 e. The predicted molar refractivity (Wildman–Crippen MR) is 86.9 cm³/mol. The number of ether oxygens (including phenoxy) is 1. The summed E-state index contributed by atoms with van der Waals surface area (Å²) in [6.45, 7) is 5.60. The molecule has 0 radical (unpaired) electrons. The van der Waals surface area contributed by atoms with Crippen molar-refractivity contribution in [2.24, 2.45) is 10.8 Å². The fourth-order valence-corrected chi connectivity index (χ4v) is 4.20. The normalized spacial score (nSPS) is 30.5. The van der Waals surface area contributed by atoms with E-state index in [9.17, 15) is 18.4 Å². The zero-order chi connectivity index (χ0) is 17.8. The van der Waals surface area contributed by atoms with Crippen LogP contribution in [0, 0.1) is 10.8 Å². The second kappa shape index (κ2) is 5.44. The Bertz CT molecular complexity index is 692. The number of halogens is 2. The van der Waals surface area contributed by atoms with Crippen molar-refractivity contribution in [2.45, 2.75) is 49.9 Å². The molecule has 0 spiro atoms. The van der Waals surface area contributed by atoms with Crippen LogP contribution in [0.4, 0.5) is 14.5 Å². The number of hydrogen-bond acceptors (Lipinski definition) is 4. The van der Waals surface area contributed by atoms with Gasteiger partial charge in [0, 0.05) is 16.0 Å². The molecule has 4 nitrogen and oxygen atoms in total. The van der Waals surface area contributed by atoms with E-state index in [0.29, 0.717) is 35.2 Å². The molecule has 1 aromatic rings. The van der Waals surface area contributed by atoms with Gasteiger partial charge >= 0.3 is 5.97 Å². The molecule has 1 N–H and O–H groups in total. The molecule has 1 aliphatic heterocycles.